The number of nitrogen functional groups attached to an aromatic ring is 1. The lowest BCUT2D eigenvalue weighted by Gasteiger charge is -2.23. The summed E-state index contributed by atoms with van der Waals surface area (Å²) in [6, 6.07) is 11.1. The molecule has 9 heteroatoms. The summed E-state index contributed by atoms with van der Waals surface area (Å²) in [6.45, 7) is 0.479. The third kappa shape index (κ3) is 4.94. The summed E-state index contributed by atoms with van der Waals surface area (Å²) in [5, 5.41) is 3.80. The van der Waals surface area contributed by atoms with Crippen LogP contribution in [0.5, 0.6) is 0 Å². The average molecular weight is 426 g/mol. The summed E-state index contributed by atoms with van der Waals surface area (Å²) >= 11 is 1.51. The number of thiophene rings is 1. The highest BCUT2D eigenvalue weighted by molar-refractivity contribution is 7.08. The minimum Gasteiger partial charge on any atom is -0.383 e. The molecule has 0 atom stereocenters. The highest BCUT2D eigenvalue weighted by Gasteiger charge is 2.23. The van der Waals surface area contributed by atoms with Gasteiger partial charge in [0.15, 0.2) is 5.69 Å². The van der Waals surface area contributed by atoms with Crippen LogP contribution in [-0.4, -0.2) is 29.2 Å². The second-order valence-electron chi connectivity index (χ2n) is 6.44. The third-order valence-electron chi connectivity index (χ3n) is 4.41. The number of amides is 1. The molecule has 0 saturated carbocycles. The van der Waals surface area contributed by atoms with Gasteiger partial charge in [0, 0.05) is 13.2 Å². The highest BCUT2D eigenvalue weighted by Crippen LogP contribution is 2.20. The second kappa shape index (κ2) is 9.86. The van der Waals surface area contributed by atoms with Gasteiger partial charge in [-0.05, 0) is 34.0 Å². The zero-order chi connectivity index (χ0) is 21.5. The van der Waals surface area contributed by atoms with Crippen LogP contribution in [-0.2, 0) is 22.6 Å². The zero-order valence-electron chi connectivity index (χ0n) is 16.4. The van der Waals surface area contributed by atoms with Crippen LogP contribution in [0.15, 0.2) is 62.8 Å². The number of rotatable bonds is 8. The molecule has 1 amide bonds. The first-order chi connectivity index (χ1) is 14.5. The Morgan fingerprint density at radius 2 is 2.03 bits per heavy atom. The lowest BCUT2D eigenvalue weighted by Crippen LogP contribution is -2.40. The Labute approximate surface area is 176 Å². The molecule has 0 radical (unpaired) electrons. The molecule has 3 aromatic rings. The Bertz CT molecular complexity index is 1130. The van der Waals surface area contributed by atoms with Gasteiger partial charge in [-0.3, -0.25) is 24.0 Å². The van der Waals surface area contributed by atoms with Crippen LogP contribution in [0.25, 0.3) is 6.08 Å². The minimum absolute atomic E-state index is 0.0745. The predicted octanol–water partition coefficient (Wildman–Crippen LogP) is 2.07. The highest BCUT2D eigenvalue weighted by atomic mass is 32.1. The predicted molar refractivity (Wildman–Crippen MR) is 119 cm³/mol. The van der Waals surface area contributed by atoms with E-state index in [0.29, 0.717) is 0 Å². The second-order valence-corrected chi connectivity index (χ2v) is 7.22. The van der Waals surface area contributed by atoms with E-state index >= 15 is 0 Å². The van der Waals surface area contributed by atoms with Crippen molar-refractivity contribution in [2.45, 2.75) is 13.1 Å². The zero-order valence-corrected chi connectivity index (χ0v) is 17.2. The molecule has 30 heavy (non-hydrogen) atoms. The SMILES string of the molecule is COCCn1c(N)c(N(Cc2ccccc2)C(=O)/C=C/c2ccsc2)c(=O)[nH]c1=O. The summed E-state index contributed by atoms with van der Waals surface area (Å²) in [4.78, 5) is 41.5. The number of nitrogens with two attached hydrogens (primary N) is 1. The maximum absolute atomic E-state index is 13.1. The number of nitrogens with one attached hydrogen (secondary N) is 1. The minimum atomic E-state index is -0.723. The number of carbonyl (C=O) groups excluding carboxylic acids is 1. The van der Waals surface area contributed by atoms with Crippen molar-refractivity contribution in [3.63, 3.8) is 0 Å². The van der Waals surface area contributed by atoms with E-state index < -0.39 is 17.2 Å². The van der Waals surface area contributed by atoms with Crippen LogP contribution in [0, 0.1) is 0 Å². The van der Waals surface area contributed by atoms with Crippen LogP contribution in [0.4, 0.5) is 11.5 Å². The van der Waals surface area contributed by atoms with Gasteiger partial charge < -0.3 is 10.5 Å². The molecule has 0 aliphatic heterocycles. The average Bonchev–Trinajstić information content (AvgIpc) is 3.25. The molecule has 3 rings (SSSR count). The van der Waals surface area contributed by atoms with Gasteiger partial charge >= 0.3 is 5.69 Å². The molecule has 2 aromatic heterocycles. The lowest BCUT2D eigenvalue weighted by atomic mass is 10.2. The number of methoxy groups -OCH3 is 1. The molecule has 3 N–H and O–H groups in total. The molecular formula is C21H22N4O4S. The van der Waals surface area contributed by atoms with Crippen LogP contribution in [0.2, 0.25) is 0 Å². The van der Waals surface area contributed by atoms with Crippen molar-refractivity contribution >= 4 is 34.8 Å². The van der Waals surface area contributed by atoms with E-state index in [4.69, 9.17) is 10.5 Å². The normalized spacial score (nSPS) is 11.1. The van der Waals surface area contributed by atoms with Gasteiger partial charge in [-0.1, -0.05) is 30.3 Å². The molecule has 0 spiro atoms. The van der Waals surface area contributed by atoms with Crippen molar-refractivity contribution in [1.29, 1.82) is 0 Å². The Hall–Kier alpha value is -3.43. The fourth-order valence-electron chi connectivity index (χ4n) is 2.90. The molecular weight excluding hydrogens is 404 g/mol. The van der Waals surface area contributed by atoms with Crippen molar-refractivity contribution in [2.24, 2.45) is 0 Å². The standard InChI is InChI=1S/C21H22N4O4S/c1-29-11-10-24-19(22)18(20(27)23-21(24)28)25(13-15-5-3-2-4-6-15)17(26)8-7-16-9-12-30-14-16/h2-9,12,14H,10-11,13,22H2,1H3,(H,23,27,28)/b8-7+. The maximum atomic E-state index is 13.1. The molecule has 0 fully saturated rings. The summed E-state index contributed by atoms with van der Waals surface area (Å²) in [5.74, 6) is -0.520. The first-order valence-corrected chi connectivity index (χ1v) is 10.1. The Balaban J connectivity index is 2.06. The monoisotopic (exact) mass is 426 g/mol. The van der Waals surface area contributed by atoms with Crippen LogP contribution in [0.3, 0.4) is 0 Å². The van der Waals surface area contributed by atoms with Crippen LogP contribution < -0.4 is 21.9 Å². The van der Waals surface area contributed by atoms with Gasteiger partial charge in [-0.15, -0.1) is 0 Å². The molecule has 0 bridgehead atoms. The van der Waals surface area contributed by atoms with E-state index in [1.165, 1.54) is 34.0 Å². The Morgan fingerprint density at radius 1 is 1.27 bits per heavy atom. The van der Waals surface area contributed by atoms with Crippen molar-refractivity contribution < 1.29 is 9.53 Å². The summed E-state index contributed by atoms with van der Waals surface area (Å²) in [7, 11) is 1.49. The largest absolute Gasteiger partial charge is 0.383 e. The molecule has 2 heterocycles. The van der Waals surface area contributed by atoms with E-state index in [9.17, 15) is 14.4 Å². The van der Waals surface area contributed by atoms with Gasteiger partial charge in [0.2, 0.25) is 0 Å². The Kier molecular flexibility index (Phi) is 6.99. The van der Waals surface area contributed by atoms with Gasteiger partial charge in [-0.2, -0.15) is 11.3 Å². The topological polar surface area (TPSA) is 110 Å². The van der Waals surface area contributed by atoms with E-state index in [-0.39, 0.29) is 31.2 Å². The number of hydrogen-bond acceptors (Lipinski definition) is 6. The van der Waals surface area contributed by atoms with E-state index in [1.807, 2.05) is 47.2 Å². The number of aromatic nitrogens is 2. The number of H-pyrrole nitrogens is 1. The van der Waals surface area contributed by atoms with Gasteiger partial charge in [-0.25, -0.2) is 4.79 Å². The molecule has 1 aromatic carbocycles. The van der Waals surface area contributed by atoms with Crippen molar-refractivity contribution in [2.75, 3.05) is 24.4 Å². The summed E-state index contributed by atoms with van der Waals surface area (Å²) in [6.07, 6.45) is 3.05. The van der Waals surface area contributed by atoms with Crippen LogP contribution in [0.1, 0.15) is 11.1 Å². The van der Waals surface area contributed by atoms with E-state index in [0.717, 1.165) is 11.1 Å². The van der Waals surface area contributed by atoms with Gasteiger partial charge in [0.25, 0.3) is 11.5 Å². The fourth-order valence-corrected chi connectivity index (χ4v) is 3.53. The molecule has 8 nitrogen and oxygen atoms in total. The van der Waals surface area contributed by atoms with Crippen molar-refractivity contribution in [1.82, 2.24) is 9.55 Å². The maximum Gasteiger partial charge on any atom is 0.330 e. The molecule has 0 aliphatic carbocycles. The number of hydrogen-bond donors (Lipinski definition) is 2. The van der Waals surface area contributed by atoms with E-state index in [1.54, 1.807) is 6.08 Å². The summed E-state index contributed by atoms with van der Waals surface area (Å²) in [5.41, 5.74) is 6.41. The number of anilines is 2. The quantitative estimate of drug-likeness (QED) is 0.536. The van der Waals surface area contributed by atoms with Crippen LogP contribution >= 0.6 is 11.3 Å². The molecule has 0 unspecified atom stereocenters. The van der Waals surface area contributed by atoms with E-state index in [2.05, 4.69) is 4.98 Å². The number of nitrogens with zero attached hydrogens (tertiary/aromatic N) is 2. The third-order valence-corrected chi connectivity index (χ3v) is 5.12. The molecule has 0 aliphatic rings. The Morgan fingerprint density at radius 3 is 2.70 bits per heavy atom. The van der Waals surface area contributed by atoms with Gasteiger partial charge in [0.1, 0.15) is 5.82 Å². The lowest BCUT2D eigenvalue weighted by molar-refractivity contribution is -0.114. The first kappa shape index (κ1) is 21.3. The fraction of sp³-hybridized carbons (Fsp3) is 0.190. The number of benzene rings is 1. The van der Waals surface area contributed by atoms with Gasteiger partial charge in [0.05, 0.1) is 19.7 Å². The van der Waals surface area contributed by atoms with Crippen molar-refractivity contribution in [3.05, 3.63) is 85.2 Å². The summed E-state index contributed by atoms with van der Waals surface area (Å²) < 4.78 is 6.20. The molecule has 156 valence electrons. The molecule has 0 saturated heterocycles. The van der Waals surface area contributed by atoms with Crippen molar-refractivity contribution in [3.8, 4) is 0 Å². The number of ether oxygens (including phenoxy) is 1. The number of aromatic amines is 1. The number of carbonyl (C=O) groups is 1. The smallest absolute Gasteiger partial charge is 0.330 e. The first-order valence-electron chi connectivity index (χ1n) is 9.18.